The SMILES string of the molecule is COc1cc(C(C)NC(=O)C(N)C2CCOCC2)ccc1OC1CCCC1. The van der Waals surface area contributed by atoms with Crippen LogP contribution >= 0.6 is 0 Å². The Hall–Kier alpha value is -1.79. The lowest BCUT2D eigenvalue weighted by atomic mass is 9.91. The van der Waals surface area contributed by atoms with Gasteiger partial charge >= 0.3 is 0 Å². The number of benzene rings is 1. The Labute approximate surface area is 161 Å². The summed E-state index contributed by atoms with van der Waals surface area (Å²) in [5.41, 5.74) is 7.15. The van der Waals surface area contributed by atoms with E-state index in [1.54, 1.807) is 7.11 Å². The van der Waals surface area contributed by atoms with E-state index in [0.29, 0.717) is 19.0 Å². The van der Waals surface area contributed by atoms with Crippen molar-refractivity contribution in [2.75, 3.05) is 20.3 Å². The van der Waals surface area contributed by atoms with Crippen LogP contribution < -0.4 is 20.5 Å². The van der Waals surface area contributed by atoms with Gasteiger partial charge in [-0.2, -0.15) is 0 Å². The predicted molar refractivity (Wildman–Crippen MR) is 104 cm³/mol. The fraction of sp³-hybridized carbons (Fsp3) is 0.667. The van der Waals surface area contributed by atoms with Gasteiger partial charge in [0.15, 0.2) is 11.5 Å². The maximum absolute atomic E-state index is 12.5. The molecule has 1 amide bonds. The molecular formula is C21H32N2O4. The van der Waals surface area contributed by atoms with Crippen LogP contribution in [0, 0.1) is 5.92 Å². The number of carbonyl (C=O) groups is 1. The number of nitrogens with two attached hydrogens (primary N) is 1. The highest BCUT2D eigenvalue weighted by molar-refractivity contribution is 5.82. The van der Waals surface area contributed by atoms with Gasteiger partial charge in [-0.1, -0.05) is 6.07 Å². The highest BCUT2D eigenvalue weighted by Crippen LogP contribution is 2.33. The molecule has 3 rings (SSSR count). The van der Waals surface area contributed by atoms with Gasteiger partial charge in [0, 0.05) is 13.2 Å². The number of carbonyl (C=O) groups excluding carboxylic acids is 1. The van der Waals surface area contributed by atoms with Crippen LogP contribution in [-0.2, 0) is 9.53 Å². The summed E-state index contributed by atoms with van der Waals surface area (Å²) in [6, 6.07) is 5.21. The lowest BCUT2D eigenvalue weighted by molar-refractivity contribution is -0.125. The van der Waals surface area contributed by atoms with Gasteiger partial charge in [-0.05, 0) is 69.1 Å². The van der Waals surface area contributed by atoms with Crippen LogP contribution in [-0.4, -0.2) is 38.4 Å². The minimum atomic E-state index is -0.497. The third kappa shape index (κ3) is 5.14. The molecule has 1 aromatic rings. The second kappa shape index (κ2) is 9.42. The van der Waals surface area contributed by atoms with Crippen LogP contribution in [0.3, 0.4) is 0 Å². The van der Waals surface area contributed by atoms with Crippen molar-refractivity contribution in [2.24, 2.45) is 11.7 Å². The Bertz CT molecular complexity index is 625. The number of methoxy groups -OCH3 is 1. The lowest BCUT2D eigenvalue weighted by Crippen LogP contribution is -2.47. The van der Waals surface area contributed by atoms with Gasteiger partial charge in [0.2, 0.25) is 5.91 Å². The molecule has 1 aromatic carbocycles. The van der Waals surface area contributed by atoms with Crippen LogP contribution in [0.1, 0.15) is 57.1 Å². The molecule has 0 bridgehead atoms. The third-order valence-electron chi connectivity index (χ3n) is 5.72. The average molecular weight is 376 g/mol. The van der Waals surface area contributed by atoms with E-state index >= 15 is 0 Å². The van der Waals surface area contributed by atoms with E-state index in [1.807, 2.05) is 25.1 Å². The number of rotatable bonds is 7. The summed E-state index contributed by atoms with van der Waals surface area (Å²) in [5, 5.41) is 3.04. The molecule has 3 N–H and O–H groups in total. The number of hydrogen-bond acceptors (Lipinski definition) is 5. The van der Waals surface area contributed by atoms with Crippen molar-refractivity contribution in [3.8, 4) is 11.5 Å². The number of amides is 1. The van der Waals surface area contributed by atoms with E-state index in [0.717, 1.165) is 37.0 Å². The van der Waals surface area contributed by atoms with Gasteiger partial charge in [0.05, 0.1) is 25.3 Å². The second-order valence-corrected chi connectivity index (χ2v) is 7.64. The quantitative estimate of drug-likeness (QED) is 0.764. The van der Waals surface area contributed by atoms with Crippen molar-refractivity contribution in [2.45, 2.75) is 63.6 Å². The minimum absolute atomic E-state index is 0.111. The Balaban J connectivity index is 1.61. The van der Waals surface area contributed by atoms with Crippen LogP contribution in [0.5, 0.6) is 11.5 Å². The highest BCUT2D eigenvalue weighted by atomic mass is 16.5. The molecule has 150 valence electrons. The van der Waals surface area contributed by atoms with Crippen molar-refractivity contribution in [1.29, 1.82) is 0 Å². The molecule has 1 aliphatic heterocycles. The summed E-state index contributed by atoms with van der Waals surface area (Å²) in [5.74, 6) is 1.54. The summed E-state index contributed by atoms with van der Waals surface area (Å²) >= 11 is 0. The Kier molecular flexibility index (Phi) is 6.96. The molecule has 1 saturated carbocycles. The van der Waals surface area contributed by atoms with E-state index in [9.17, 15) is 4.79 Å². The van der Waals surface area contributed by atoms with Gasteiger partial charge in [-0.15, -0.1) is 0 Å². The molecule has 6 heteroatoms. The Morgan fingerprint density at radius 1 is 1.19 bits per heavy atom. The van der Waals surface area contributed by atoms with Crippen LogP contribution in [0.15, 0.2) is 18.2 Å². The maximum atomic E-state index is 12.5. The van der Waals surface area contributed by atoms with Crippen LogP contribution in [0.2, 0.25) is 0 Å². The third-order valence-corrected chi connectivity index (χ3v) is 5.72. The molecule has 0 aromatic heterocycles. The number of hydrogen-bond donors (Lipinski definition) is 2. The molecule has 1 aliphatic carbocycles. The van der Waals surface area contributed by atoms with Crippen LogP contribution in [0.25, 0.3) is 0 Å². The van der Waals surface area contributed by atoms with Gasteiger partial charge in [-0.25, -0.2) is 0 Å². The normalized spacial score (nSPS) is 20.9. The zero-order chi connectivity index (χ0) is 19.2. The molecule has 2 unspecified atom stereocenters. The van der Waals surface area contributed by atoms with E-state index in [4.69, 9.17) is 19.9 Å². The Morgan fingerprint density at radius 2 is 1.89 bits per heavy atom. The van der Waals surface area contributed by atoms with Gasteiger partial charge < -0.3 is 25.3 Å². The molecule has 6 nitrogen and oxygen atoms in total. The first-order chi connectivity index (χ1) is 13.1. The fourth-order valence-corrected chi connectivity index (χ4v) is 3.92. The highest BCUT2D eigenvalue weighted by Gasteiger charge is 2.27. The zero-order valence-corrected chi connectivity index (χ0v) is 16.4. The van der Waals surface area contributed by atoms with Crippen molar-refractivity contribution >= 4 is 5.91 Å². The summed E-state index contributed by atoms with van der Waals surface area (Å²) in [4.78, 5) is 12.5. The first-order valence-corrected chi connectivity index (χ1v) is 10.1. The second-order valence-electron chi connectivity index (χ2n) is 7.64. The molecule has 0 spiro atoms. The van der Waals surface area contributed by atoms with E-state index < -0.39 is 6.04 Å². The summed E-state index contributed by atoms with van der Waals surface area (Å²) in [6.45, 7) is 3.32. The zero-order valence-electron chi connectivity index (χ0n) is 16.4. The van der Waals surface area contributed by atoms with Gasteiger partial charge in [0.25, 0.3) is 0 Å². The monoisotopic (exact) mass is 376 g/mol. The average Bonchev–Trinajstić information content (AvgIpc) is 3.21. The standard InChI is InChI=1S/C21H32N2O4/c1-14(23-21(24)20(22)15-9-11-26-12-10-15)16-7-8-18(19(13-16)25-2)27-17-5-3-4-6-17/h7-8,13-15,17,20H,3-6,9-12,22H2,1-2H3,(H,23,24). The molecule has 27 heavy (non-hydrogen) atoms. The molecule has 2 aliphatic rings. The van der Waals surface area contributed by atoms with Crippen molar-refractivity contribution in [3.05, 3.63) is 23.8 Å². The molecule has 1 saturated heterocycles. The predicted octanol–water partition coefficient (Wildman–Crippen LogP) is 2.95. The van der Waals surface area contributed by atoms with Crippen LogP contribution in [0.4, 0.5) is 0 Å². The molecule has 0 radical (unpaired) electrons. The summed E-state index contributed by atoms with van der Waals surface area (Å²) in [6.07, 6.45) is 6.60. The minimum Gasteiger partial charge on any atom is -0.493 e. The van der Waals surface area contributed by atoms with E-state index in [1.165, 1.54) is 12.8 Å². The number of ether oxygens (including phenoxy) is 3. The first-order valence-electron chi connectivity index (χ1n) is 10.1. The first kappa shape index (κ1) is 20.0. The topological polar surface area (TPSA) is 82.8 Å². The molecule has 2 fully saturated rings. The number of nitrogens with one attached hydrogen (secondary N) is 1. The summed E-state index contributed by atoms with van der Waals surface area (Å²) in [7, 11) is 1.64. The largest absolute Gasteiger partial charge is 0.493 e. The molecule has 2 atom stereocenters. The smallest absolute Gasteiger partial charge is 0.237 e. The Morgan fingerprint density at radius 3 is 2.56 bits per heavy atom. The molecule has 1 heterocycles. The van der Waals surface area contributed by atoms with Gasteiger partial charge in [0.1, 0.15) is 0 Å². The maximum Gasteiger partial charge on any atom is 0.237 e. The van der Waals surface area contributed by atoms with E-state index in [2.05, 4.69) is 5.32 Å². The van der Waals surface area contributed by atoms with Crippen molar-refractivity contribution in [1.82, 2.24) is 5.32 Å². The fourth-order valence-electron chi connectivity index (χ4n) is 3.92. The van der Waals surface area contributed by atoms with Crippen molar-refractivity contribution < 1.29 is 19.0 Å². The van der Waals surface area contributed by atoms with E-state index in [-0.39, 0.29) is 24.0 Å². The van der Waals surface area contributed by atoms with Crippen molar-refractivity contribution in [3.63, 3.8) is 0 Å². The molecular weight excluding hydrogens is 344 g/mol. The van der Waals surface area contributed by atoms with Gasteiger partial charge in [-0.3, -0.25) is 4.79 Å². The summed E-state index contributed by atoms with van der Waals surface area (Å²) < 4.78 is 17.0. The lowest BCUT2D eigenvalue weighted by Gasteiger charge is -2.28.